The largest absolute Gasteiger partial charge is 0.504 e. The lowest BCUT2D eigenvalue weighted by atomic mass is 10.2. The maximum atomic E-state index is 8.97. The van der Waals surface area contributed by atoms with Gasteiger partial charge in [0.25, 0.3) is 0 Å². The van der Waals surface area contributed by atoms with Crippen molar-refractivity contribution in [1.82, 2.24) is 5.48 Å². The summed E-state index contributed by atoms with van der Waals surface area (Å²) in [5.41, 5.74) is 2.63. The van der Waals surface area contributed by atoms with Gasteiger partial charge in [-0.1, -0.05) is 6.07 Å². The zero-order valence-corrected chi connectivity index (χ0v) is 5.78. The molecule has 0 aliphatic heterocycles. The third-order valence-corrected chi connectivity index (χ3v) is 1.32. The van der Waals surface area contributed by atoms with Crippen molar-refractivity contribution in [2.24, 2.45) is 0 Å². The molecule has 0 spiro atoms. The molecular weight excluding hydrogens is 146 g/mol. The number of benzene rings is 1. The maximum absolute atomic E-state index is 8.97. The van der Waals surface area contributed by atoms with Gasteiger partial charge in [-0.15, -0.1) is 0 Å². The Hall–Kier alpha value is -1.26. The molecule has 0 unspecified atom stereocenters. The van der Waals surface area contributed by atoms with Crippen LogP contribution in [0.3, 0.4) is 0 Å². The average Bonchev–Trinajstić information content (AvgIpc) is 1.98. The van der Waals surface area contributed by atoms with Gasteiger partial charge in [0.05, 0.1) is 0 Å². The van der Waals surface area contributed by atoms with Gasteiger partial charge in [-0.3, -0.25) is 0 Å². The van der Waals surface area contributed by atoms with Gasteiger partial charge in [0.15, 0.2) is 11.5 Å². The highest BCUT2D eigenvalue weighted by molar-refractivity contribution is 5.40. The number of hydroxylamine groups is 1. The average molecular weight is 155 g/mol. The number of phenolic OH excluding ortho intramolecular Hbond substituents is 2. The summed E-state index contributed by atoms with van der Waals surface area (Å²) in [5.74, 6) is -0.343. The fourth-order valence-corrected chi connectivity index (χ4v) is 0.770. The molecule has 1 aromatic rings. The Morgan fingerprint density at radius 1 is 1.18 bits per heavy atom. The van der Waals surface area contributed by atoms with Crippen LogP contribution >= 0.6 is 0 Å². The van der Waals surface area contributed by atoms with Crippen molar-refractivity contribution in [3.05, 3.63) is 23.8 Å². The number of phenols is 2. The van der Waals surface area contributed by atoms with Gasteiger partial charge in [0.2, 0.25) is 0 Å². The molecule has 0 fully saturated rings. The zero-order chi connectivity index (χ0) is 8.27. The monoisotopic (exact) mass is 155 g/mol. The summed E-state index contributed by atoms with van der Waals surface area (Å²) in [6.07, 6.45) is 0. The maximum Gasteiger partial charge on any atom is 0.157 e. The summed E-state index contributed by atoms with van der Waals surface area (Å²) in [4.78, 5) is 0. The molecule has 0 aromatic heterocycles. The Morgan fingerprint density at radius 3 is 2.45 bits per heavy atom. The van der Waals surface area contributed by atoms with Gasteiger partial charge < -0.3 is 15.4 Å². The number of aromatic hydroxyl groups is 2. The van der Waals surface area contributed by atoms with E-state index >= 15 is 0 Å². The fraction of sp³-hybridized carbons (Fsp3) is 0.143. The summed E-state index contributed by atoms with van der Waals surface area (Å²) in [6, 6.07) is 4.33. The van der Waals surface area contributed by atoms with Crippen molar-refractivity contribution in [2.75, 3.05) is 0 Å². The van der Waals surface area contributed by atoms with Crippen LogP contribution in [0, 0.1) is 0 Å². The first kappa shape index (κ1) is 7.84. The molecule has 4 N–H and O–H groups in total. The first-order chi connectivity index (χ1) is 5.24. The van der Waals surface area contributed by atoms with E-state index in [2.05, 4.69) is 0 Å². The van der Waals surface area contributed by atoms with E-state index in [9.17, 15) is 0 Å². The first-order valence-corrected chi connectivity index (χ1v) is 3.12. The third kappa shape index (κ3) is 1.83. The first-order valence-electron chi connectivity index (χ1n) is 3.12. The van der Waals surface area contributed by atoms with Crippen molar-refractivity contribution in [3.63, 3.8) is 0 Å². The smallest absolute Gasteiger partial charge is 0.157 e. The van der Waals surface area contributed by atoms with E-state index in [-0.39, 0.29) is 18.0 Å². The molecule has 4 heteroatoms. The lowest BCUT2D eigenvalue weighted by Gasteiger charge is -2.00. The van der Waals surface area contributed by atoms with Gasteiger partial charge in [-0.2, -0.15) is 0 Å². The van der Waals surface area contributed by atoms with E-state index in [4.69, 9.17) is 15.4 Å². The van der Waals surface area contributed by atoms with Crippen LogP contribution in [0.25, 0.3) is 0 Å². The summed E-state index contributed by atoms with van der Waals surface area (Å²) >= 11 is 0. The normalized spacial score (nSPS) is 9.91. The molecule has 0 atom stereocenters. The van der Waals surface area contributed by atoms with Crippen LogP contribution in [-0.2, 0) is 6.54 Å². The molecule has 0 amide bonds. The summed E-state index contributed by atoms with van der Waals surface area (Å²) < 4.78 is 0. The second-order valence-corrected chi connectivity index (χ2v) is 2.16. The van der Waals surface area contributed by atoms with E-state index < -0.39 is 0 Å². The van der Waals surface area contributed by atoms with Crippen LogP contribution < -0.4 is 5.48 Å². The molecule has 4 nitrogen and oxygen atoms in total. The number of hydrogen-bond acceptors (Lipinski definition) is 4. The molecule has 0 radical (unpaired) electrons. The van der Waals surface area contributed by atoms with E-state index in [0.717, 1.165) is 0 Å². The second-order valence-electron chi connectivity index (χ2n) is 2.16. The predicted molar refractivity (Wildman–Crippen MR) is 38.4 cm³/mol. The number of hydrogen-bond donors (Lipinski definition) is 4. The van der Waals surface area contributed by atoms with Crippen LogP contribution in [0.4, 0.5) is 0 Å². The van der Waals surface area contributed by atoms with E-state index in [1.165, 1.54) is 12.1 Å². The molecular formula is C7H9NO3. The minimum atomic E-state index is -0.183. The topological polar surface area (TPSA) is 72.7 Å². The molecule has 1 rings (SSSR count). The van der Waals surface area contributed by atoms with Crippen LogP contribution in [0.2, 0.25) is 0 Å². The van der Waals surface area contributed by atoms with Crippen molar-refractivity contribution >= 4 is 0 Å². The third-order valence-electron chi connectivity index (χ3n) is 1.32. The molecule has 0 aliphatic rings. The Labute approximate surface area is 63.7 Å². The minimum Gasteiger partial charge on any atom is -0.504 e. The standard InChI is InChI=1S/C7H9NO3/c9-6-2-1-5(4-8-11)3-7(6)10/h1-3,8-11H,4H2. The van der Waals surface area contributed by atoms with E-state index in [1.54, 1.807) is 6.07 Å². The Kier molecular flexibility index (Phi) is 2.30. The number of rotatable bonds is 2. The van der Waals surface area contributed by atoms with Crippen molar-refractivity contribution in [2.45, 2.75) is 6.54 Å². The van der Waals surface area contributed by atoms with Gasteiger partial charge in [-0.05, 0) is 17.7 Å². The second kappa shape index (κ2) is 3.23. The summed E-state index contributed by atoms with van der Waals surface area (Å²) in [7, 11) is 0. The molecule has 0 bridgehead atoms. The van der Waals surface area contributed by atoms with Gasteiger partial charge in [-0.25, -0.2) is 5.48 Å². The van der Waals surface area contributed by atoms with Crippen LogP contribution in [0.5, 0.6) is 11.5 Å². The van der Waals surface area contributed by atoms with Crippen LogP contribution in [-0.4, -0.2) is 15.4 Å². The lowest BCUT2D eigenvalue weighted by molar-refractivity contribution is 0.161. The molecule has 0 saturated heterocycles. The highest BCUT2D eigenvalue weighted by atomic mass is 16.5. The fourth-order valence-electron chi connectivity index (χ4n) is 0.770. The van der Waals surface area contributed by atoms with Crippen LogP contribution in [0.1, 0.15) is 5.56 Å². The lowest BCUT2D eigenvalue weighted by Crippen LogP contribution is -2.05. The van der Waals surface area contributed by atoms with Gasteiger partial charge in [0, 0.05) is 6.54 Å². The number of nitrogens with one attached hydrogen (secondary N) is 1. The predicted octanol–water partition coefficient (Wildman–Crippen LogP) is 0.577. The quantitative estimate of drug-likeness (QED) is 0.372. The van der Waals surface area contributed by atoms with Crippen LogP contribution in [0.15, 0.2) is 18.2 Å². The molecule has 0 aliphatic carbocycles. The van der Waals surface area contributed by atoms with Crippen molar-refractivity contribution < 1.29 is 15.4 Å². The SMILES string of the molecule is ONCc1ccc(O)c(O)c1. The minimum absolute atomic E-state index is 0.160. The molecule has 0 saturated carbocycles. The van der Waals surface area contributed by atoms with Gasteiger partial charge >= 0.3 is 0 Å². The van der Waals surface area contributed by atoms with Crippen molar-refractivity contribution in [1.29, 1.82) is 0 Å². The van der Waals surface area contributed by atoms with Crippen molar-refractivity contribution in [3.8, 4) is 11.5 Å². The summed E-state index contributed by atoms with van der Waals surface area (Å²) in [5, 5.41) is 26.1. The Balaban J connectivity index is 2.86. The van der Waals surface area contributed by atoms with Gasteiger partial charge in [0.1, 0.15) is 0 Å². The highest BCUT2D eigenvalue weighted by Crippen LogP contribution is 2.24. The molecule has 0 heterocycles. The Morgan fingerprint density at radius 2 is 1.91 bits per heavy atom. The van der Waals surface area contributed by atoms with E-state index in [0.29, 0.717) is 5.56 Å². The molecule has 11 heavy (non-hydrogen) atoms. The Bertz CT molecular complexity index is 249. The highest BCUT2D eigenvalue weighted by Gasteiger charge is 1.98. The molecule has 60 valence electrons. The summed E-state index contributed by atoms with van der Waals surface area (Å²) in [6.45, 7) is 0.244. The zero-order valence-electron chi connectivity index (χ0n) is 5.78. The van der Waals surface area contributed by atoms with E-state index in [1.807, 2.05) is 5.48 Å². The molecule has 1 aromatic carbocycles.